The van der Waals surface area contributed by atoms with Crippen molar-refractivity contribution >= 4 is 11.6 Å². The highest BCUT2D eigenvalue weighted by molar-refractivity contribution is 5.92. The molecule has 1 aliphatic rings. The number of nitrogens with one attached hydrogen (secondary N) is 1. The van der Waals surface area contributed by atoms with Gasteiger partial charge in [0.2, 0.25) is 5.91 Å². The van der Waals surface area contributed by atoms with Crippen LogP contribution in [0.25, 0.3) is 0 Å². The average molecular weight is 280 g/mol. The Bertz CT molecular complexity index is 501. The molecular formula is C15H21FN2O2. The van der Waals surface area contributed by atoms with Crippen LogP contribution in [0.5, 0.6) is 0 Å². The Labute approximate surface area is 118 Å². The molecule has 1 fully saturated rings. The van der Waals surface area contributed by atoms with Crippen LogP contribution in [0.4, 0.5) is 10.1 Å². The van der Waals surface area contributed by atoms with Crippen LogP contribution in [0.1, 0.15) is 12.5 Å². The summed E-state index contributed by atoms with van der Waals surface area (Å²) in [7, 11) is 1.88. The van der Waals surface area contributed by atoms with E-state index < -0.39 is 5.82 Å². The summed E-state index contributed by atoms with van der Waals surface area (Å²) in [5.74, 6) is -0.619. The molecule has 4 nitrogen and oxygen atoms in total. The lowest BCUT2D eigenvalue weighted by atomic mass is 9.88. The molecule has 1 aromatic rings. The van der Waals surface area contributed by atoms with E-state index in [1.54, 1.807) is 12.1 Å². The van der Waals surface area contributed by atoms with Gasteiger partial charge in [-0.3, -0.25) is 9.69 Å². The zero-order valence-corrected chi connectivity index (χ0v) is 12.2. The molecule has 5 heteroatoms. The van der Waals surface area contributed by atoms with Crippen molar-refractivity contribution in [3.05, 3.63) is 29.6 Å². The summed E-state index contributed by atoms with van der Waals surface area (Å²) < 4.78 is 18.7. The second-order valence-electron chi connectivity index (χ2n) is 6.01. The first kappa shape index (κ1) is 14.9. The Balaban J connectivity index is 1.87. The number of hydrogen-bond donors (Lipinski definition) is 1. The molecule has 1 aromatic carbocycles. The number of likely N-dealkylation sites (N-methyl/N-ethyl adjacent to an activating group) is 1. The third kappa shape index (κ3) is 3.77. The number of carbonyl (C=O) groups is 1. The summed E-state index contributed by atoms with van der Waals surface area (Å²) in [6, 6.07) is 4.67. The Morgan fingerprint density at radius 2 is 2.20 bits per heavy atom. The molecule has 0 aliphatic carbocycles. The van der Waals surface area contributed by atoms with Crippen LogP contribution < -0.4 is 5.32 Å². The number of rotatable bonds is 5. The second kappa shape index (κ2) is 5.89. The molecule has 20 heavy (non-hydrogen) atoms. The van der Waals surface area contributed by atoms with Gasteiger partial charge in [0.05, 0.1) is 25.4 Å². The van der Waals surface area contributed by atoms with E-state index in [-0.39, 0.29) is 23.6 Å². The van der Waals surface area contributed by atoms with E-state index in [9.17, 15) is 9.18 Å². The highest BCUT2D eigenvalue weighted by Gasteiger charge is 2.34. The smallest absolute Gasteiger partial charge is 0.238 e. The van der Waals surface area contributed by atoms with Gasteiger partial charge in [-0.2, -0.15) is 0 Å². The second-order valence-corrected chi connectivity index (χ2v) is 6.01. The first-order valence-electron chi connectivity index (χ1n) is 6.70. The molecule has 1 saturated heterocycles. The standard InChI is InChI=1S/C15H21FN2O2/c1-11-4-5-12(16)13(6-11)17-14(19)7-18(3)8-15(2)9-20-10-15/h4-6H,7-10H2,1-3H3,(H,17,19). The number of amides is 1. The predicted octanol–water partition coefficient (Wildman–Crippen LogP) is 2.04. The fourth-order valence-corrected chi connectivity index (χ4v) is 2.42. The van der Waals surface area contributed by atoms with E-state index in [4.69, 9.17) is 4.74 Å². The Hall–Kier alpha value is -1.46. The van der Waals surface area contributed by atoms with Crippen molar-refractivity contribution in [2.24, 2.45) is 5.41 Å². The lowest BCUT2D eigenvalue weighted by Crippen LogP contribution is -2.49. The van der Waals surface area contributed by atoms with Gasteiger partial charge in [0, 0.05) is 12.0 Å². The zero-order chi connectivity index (χ0) is 14.8. The number of aryl methyl sites for hydroxylation is 1. The molecule has 1 aliphatic heterocycles. The Kier molecular flexibility index (Phi) is 4.40. The lowest BCUT2D eigenvalue weighted by Gasteiger charge is -2.40. The average Bonchev–Trinajstić information content (AvgIpc) is 2.31. The Morgan fingerprint density at radius 1 is 1.50 bits per heavy atom. The van der Waals surface area contributed by atoms with Crippen LogP contribution in [0.3, 0.4) is 0 Å². The summed E-state index contributed by atoms with van der Waals surface area (Å²) in [5, 5.41) is 2.62. The van der Waals surface area contributed by atoms with Crippen molar-refractivity contribution in [3.63, 3.8) is 0 Å². The monoisotopic (exact) mass is 280 g/mol. The van der Waals surface area contributed by atoms with Crippen LogP contribution in [-0.2, 0) is 9.53 Å². The van der Waals surface area contributed by atoms with Gasteiger partial charge >= 0.3 is 0 Å². The number of carbonyl (C=O) groups excluding carboxylic acids is 1. The van der Waals surface area contributed by atoms with E-state index in [1.165, 1.54) is 6.07 Å². The number of anilines is 1. The van der Waals surface area contributed by atoms with E-state index in [2.05, 4.69) is 12.2 Å². The fraction of sp³-hybridized carbons (Fsp3) is 0.533. The summed E-state index contributed by atoms with van der Waals surface area (Å²) in [6.07, 6.45) is 0. The van der Waals surface area contributed by atoms with Gasteiger partial charge in [0.1, 0.15) is 5.82 Å². The SMILES string of the molecule is Cc1ccc(F)c(NC(=O)CN(C)CC2(C)COC2)c1. The minimum Gasteiger partial charge on any atom is -0.380 e. The van der Waals surface area contributed by atoms with Gasteiger partial charge in [-0.15, -0.1) is 0 Å². The predicted molar refractivity (Wildman–Crippen MR) is 76.2 cm³/mol. The molecule has 0 spiro atoms. The van der Waals surface area contributed by atoms with E-state index >= 15 is 0 Å². The van der Waals surface area contributed by atoms with Crippen LogP contribution in [0, 0.1) is 18.2 Å². The van der Waals surface area contributed by atoms with Crippen molar-refractivity contribution in [1.29, 1.82) is 0 Å². The van der Waals surface area contributed by atoms with Crippen LogP contribution in [0.15, 0.2) is 18.2 Å². The molecule has 110 valence electrons. The first-order chi connectivity index (χ1) is 9.38. The molecule has 0 aromatic heterocycles. The minimum absolute atomic E-state index is 0.129. The number of nitrogens with zero attached hydrogens (tertiary/aromatic N) is 1. The fourth-order valence-electron chi connectivity index (χ4n) is 2.42. The van der Waals surface area contributed by atoms with Crippen LogP contribution >= 0.6 is 0 Å². The summed E-state index contributed by atoms with van der Waals surface area (Å²) in [6.45, 7) is 6.47. The van der Waals surface area contributed by atoms with Crippen molar-refractivity contribution < 1.29 is 13.9 Å². The molecule has 2 rings (SSSR count). The molecule has 1 amide bonds. The molecule has 0 saturated carbocycles. The topological polar surface area (TPSA) is 41.6 Å². The van der Waals surface area contributed by atoms with E-state index in [0.717, 1.165) is 25.3 Å². The maximum atomic E-state index is 13.6. The van der Waals surface area contributed by atoms with Gasteiger partial charge in [-0.25, -0.2) is 4.39 Å². The molecular weight excluding hydrogens is 259 g/mol. The van der Waals surface area contributed by atoms with Crippen molar-refractivity contribution in [2.45, 2.75) is 13.8 Å². The summed E-state index contributed by atoms with van der Waals surface area (Å²) in [5.41, 5.74) is 1.28. The molecule has 0 radical (unpaired) electrons. The minimum atomic E-state index is -0.411. The van der Waals surface area contributed by atoms with Gasteiger partial charge in [0.15, 0.2) is 0 Å². The maximum Gasteiger partial charge on any atom is 0.238 e. The highest BCUT2D eigenvalue weighted by atomic mass is 19.1. The molecule has 1 N–H and O–H groups in total. The normalized spacial score (nSPS) is 16.9. The van der Waals surface area contributed by atoms with Gasteiger partial charge in [-0.1, -0.05) is 13.0 Å². The van der Waals surface area contributed by atoms with Crippen LogP contribution in [0.2, 0.25) is 0 Å². The van der Waals surface area contributed by atoms with Gasteiger partial charge in [-0.05, 0) is 31.7 Å². The Morgan fingerprint density at radius 3 is 2.80 bits per heavy atom. The van der Waals surface area contributed by atoms with Crippen LogP contribution in [-0.4, -0.2) is 44.2 Å². The molecule has 0 unspecified atom stereocenters. The number of halogens is 1. The number of benzene rings is 1. The highest BCUT2D eigenvalue weighted by Crippen LogP contribution is 2.27. The van der Waals surface area contributed by atoms with E-state index in [0.29, 0.717) is 0 Å². The number of hydrogen-bond acceptors (Lipinski definition) is 3. The summed E-state index contributed by atoms with van der Waals surface area (Å²) in [4.78, 5) is 13.9. The third-order valence-corrected chi connectivity index (χ3v) is 3.36. The van der Waals surface area contributed by atoms with Crippen molar-refractivity contribution in [1.82, 2.24) is 4.90 Å². The molecule has 1 heterocycles. The number of ether oxygens (including phenoxy) is 1. The lowest BCUT2D eigenvalue weighted by molar-refractivity contribution is -0.124. The molecule has 0 atom stereocenters. The van der Waals surface area contributed by atoms with E-state index in [1.807, 2.05) is 18.9 Å². The summed E-state index contributed by atoms with van der Waals surface area (Å²) >= 11 is 0. The zero-order valence-electron chi connectivity index (χ0n) is 12.2. The van der Waals surface area contributed by atoms with Gasteiger partial charge in [0.25, 0.3) is 0 Å². The van der Waals surface area contributed by atoms with Crippen molar-refractivity contribution in [2.75, 3.05) is 38.7 Å². The third-order valence-electron chi connectivity index (χ3n) is 3.36. The first-order valence-corrected chi connectivity index (χ1v) is 6.70. The largest absolute Gasteiger partial charge is 0.380 e. The van der Waals surface area contributed by atoms with Crippen molar-refractivity contribution in [3.8, 4) is 0 Å². The maximum absolute atomic E-state index is 13.6. The molecule has 0 bridgehead atoms. The van der Waals surface area contributed by atoms with Gasteiger partial charge < -0.3 is 10.1 Å². The quantitative estimate of drug-likeness (QED) is 0.897.